The van der Waals surface area contributed by atoms with Crippen molar-refractivity contribution in [3.63, 3.8) is 0 Å². The third kappa shape index (κ3) is 1.74. The van der Waals surface area contributed by atoms with E-state index in [0.717, 1.165) is 16.8 Å². The van der Waals surface area contributed by atoms with Gasteiger partial charge in [-0.05, 0) is 55.1 Å². The molecular formula is C20H22N2O2. The van der Waals surface area contributed by atoms with E-state index in [9.17, 15) is 9.59 Å². The number of anilines is 1. The summed E-state index contributed by atoms with van der Waals surface area (Å²) >= 11 is 0. The molecule has 1 N–H and O–H groups in total. The Morgan fingerprint density at radius 1 is 1.00 bits per heavy atom. The Bertz CT molecular complexity index is 728. The molecule has 4 aliphatic carbocycles. The molecule has 5 aliphatic rings. The van der Waals surface area contributed by atoms with Crippen molar-refractivity contribution in [3.05, 3.63) is 41.5 Å². The van der Waals surface area contributed by atoms with Gasteiger partial charge in [0.2, 0.25) is 11.8 Å². The van der Waals surface area contributed by atoms with Gasteiger partial charge >= 0.3 is 0 Å². The maximum absolute atomic E-state index is 12.9. The van der Waals surface area contributed by atoms with E-state index >= 15 is 0 Å². The van der Waals surface area contributed by atoms with Gasteiger partial charge in [-0.3, -0.25) is 14.5 Å². The third-order valence-corrected chi connectivity index (χ3v) is 6.65. The van der Waals surface area contributed by atoms with Crippen LogP contribution >= 0.6 is 0 Å². The SMILES string of the molecule is Cc1cccc(C)c1NCN1C(=O)[C@@H]2[C@@H]3C=C[C@H]([C@H]4C[C@@H]34)[C@@H]2C1=O. The highest BCUT2D eigenvalue weighted by Gasteiger charge is 2.66. The Labute approximate surface area is 141 Å². The fraction of sp³-hybridized carbons (Fsp3) is 0.500. The van der Waals surface area contributed by atoms with Crippen LogP contribution in [-0.2, 0) is 9.59 Å². The molecule has 24 heavy (non-hydrogen) atoms. The van der Waals surface area contributed by atoms with Gasteiger partial charge in [0.1, 0.15) is 0 Å². The maximum Gasteiger partial charge on any atom is 0.235 e. The summed E-state index contributed by atoms with van der Waals surface area (Å²) in [7, 11) is 0. The number of rotatable bonds is 3. The van der Waals surface area contributed by atoms with E-state index in [1.165, 1.54) is 11.3 Å². The van der Waals surface area contributed by atoms with Crippen LogP contribution in [0.3, 0.4) is 0 Å². The third-order valence-electron chi connectivity index (χ3n) is 6.65. The molecule has 1 heterocycles. The van der Waals surface area contributed by atoms with Crippen LogP contribution in [0, 0.1) is 49.4 Å². The average Bonchev–Trinajstić information content (AvgIpc) is 3.34. The number of nitrogens with one attached hydrogen (secondary N) is 1. The molecule has 6 atom stereocenters. The first-order chi connectivity index (χ1) is 11.6. The van der Waals surface area contributed by atoms with Gasteiger partial charge in [0.05, 0.1) is 18.5 Å². The molecule has 0 spiro atoms. The van der Waals surface area contributed by atoms with Crippen molar-refractivity contribution >= 4 is 17.5 Å². The highest BCUT2D eigenvalue weighted by Crippen LogP contribution is 2.65. The Kier molecular flexibility index (Phi) is 2.80. The maximum atomic E-state index is 12.9. The topological polar surface area (TPSA) is 49.4 Å². The lowest BCUT2D eigenvalue weighted by Crippen LogP contribution is -2.40. The molecule has 0 radical (unpaired) electrons. The molecule has 4 heteroatoms. The van der Waals surface area contributed by atoms with Crippen LogP contribution in [0.2, 0.25) is 0 Å². The molecule has 6 rings (SSSR count). The zero-order valence-electron chi connectivity index (χ0n) is 14.0. The fourth-order valence-electron chi connectivity index (χ4n) is 5.43. The lowest BCUT2D eigenvalue weighted by Gasteiger charge is -2.37. The molecule has 2 saturated carbocycles. The molecule has 4 nitrogen and oxygen atoms in total. The lowest BCUT2D eigenvalue weighted by atomic mass is 9.63. The first-order valence-electron chi connectivity index (χ1n) is 8.91. The van der Waals surface area contributed by atoms with Crippen molar-refractivity contribution in [1.82, 2.24) is 4.90 Å². The number of hydrogen-bond donors (Lipinski definition) is 1. The molecular weight excluding hydrogens is 300 g/mol. The van der Waals surface area contributed by atoms with Gasteiger partial charge in [0.15, 0.2) is 0 Å². The van der Waals surface area contributed by atoms with Gasteiger partial charge in [0, 0.05) is 5.69 Å². The number of amides is 2. The molecule has 1 saturated heterocycles. The van der Waals surface area contributed by atoms with Gasteiger partial charge in [0.25, 0.3) is 0 Å². The summed E-state index contributed by atoms with van der Waals surface area (Å²) in [4.78, 5) is 27.3. The fourth-order valence-corrected chi connectivity index (χ4v) is 5.43. The monoisotopic (exact) mass is 322 g/mol. The normalized spacial score (nSPS) is 38.3. The van der Waals surface area contributed by atoms with E-state index in [2.05, 4.69) is 17.5 Å². The van der Waals surface area contributed by atoms with E-state index in [0.29, 0.717) is 23.7 Å². The largest absolute Gasteiger partial charge is 0.367 e. The van der Waals surface area contributed by atoms with E-state index in [1.807, 2.05) is 32.0 Å². The van der Waals surface area contributed by atoms with Crippen LogP contribution < -0.4 is 5.32 Å². The Balaban J connectivity index is 1.39. The molecule has 124 valence electrons. The number of para-hydroxylation sites is 1. The summed E-state index contributed by atoms with van der Waals surface area (Å²) in [6, 6.07) is 6.10. The van der Waals surface area contributed by atoms with Crippen molar-refractivity contribution in [2.45, 2.75) is 20.3 Å². The van der Waals surface area contributed by atoms with Gasteiger partial charge < -0.3 is 5.32 Å². The van der Waals surface area contributed by atoms with Crippen LogP contribution in [0.5, 0.6) is 0 Å². The van der Waals surface area contributed by atoms with E-state index in [1.54, 1.807) is 0 Å². The van der Waals surface area contributed by atoms with Crippen LogP contribution in [0.4, 0.5) is 5.69 Å². The second-order valence-electron chi connectivity index (χ2n) is 7.86. The van der Waals surface area contributed by atoms with Crippen LogP contribution in [0.25, 0.3) is 0 Å². The first kappa shape index (κ1) is 14.3. The Morgan fingerprint density at radius 3 is 2.08 bits per heavy atom. The van der Waals surface area contributed by atoms with Crippen molar-refractivity contribution in [3.8, 4) is 0 Å². The quantitative estimate of drug-likeness (QED) is 0.688. The number of imide groups is 1. The molecule has 0 unspecified atom stereocenters. The summed E-state index contributed by atoms with van der Waals surface area (Å²) < 4.78 is 0. The minimum Gasteiger partial charge on any atom is -0.367 e. The van der Waals surface area contributed by atoms with Gasteiger partial charge in [-0.15, -0.1) is 0 Å². The highest BCUT2D eigenvalue weighted by molar-refractivity contribution is 6.06. The van der Waals surface area contributed by atoms with Crippen LogP contribution in [0.1, 0.15) is 17.5 Å². The Hall–Kier alpha value is -2.10. The van der Waals surface area contributed by atoms with Crippen molar-refractivity contribution in [2.75, 3.05) is 12.0 Å². The van der Waals surface area contributed by atoms with Gasteiger partial charge in [-0.2, -0.15) is 0 Å². The number of carbonyl (C=O) groups is 2. The minimum atomic E-state index is -0.101. The highest BCUT2D eigenvalue weighted by atomic mass is 16.2. The van der Waals surface area contributed by atoms with E-state index in [-0.39, 0.29) is 30.3 Å². The first-order valence-corrected chi connectivity index (χ1v) is 8.91. The molecule has 2 bridgehead atoms. The number of benzene rings is 1. The summed E-state index contributed by atoms with van der Waals surface area (Å²) in [5.41, 5.74) is 3.29. The molecule has 1 aliphatic heterocycles. The minimum absolute atomic E-state index is 0.0356. The van der Waals surface area contributed by atoms with Gasteiger partial charge in [-0.25, -0.2) is 0 Å². The lowest BCUT2D eigenvalue weighted by molar-refractivity contribution is -0.139. The summed E-state index contributed by atoms with van der Waals surface area (Å²) in [6.45, 7) is 4.37. The number of nitrogens with zero attached hydrogens (tertiary/aromatic N) is 1. The Morgan fingerprint density at radius 2 is 1.54 bits per heavy atom. The second kappa shape index (κ2) is 4.71. The molecule has 1 aromatic rings. The average molecular weight is 322 g/mol. The van der Waals surface area contributed by atoms with Crippen LogP contribution in [-0.4, -0.2) is 23.4 Å². The number of carbonyl (C=O) groups excluding carboxylic acids is 2. The summed E-state index contributed by atoms with van der Waals surface area (Å²) in [5.74, 6) is 1.78. The van der Waals surface area contributed by atoms with E-state index in [4.69, 9.17) is 0 Å². The van der Waals surface area contributed by atoms with Crippen molar-refractivity contribution in [2.24, 2.45) is 35.5 Å². The second-order valence-corrected chi connectivity index (χ2v) is 7.86. The van der Waals surface area contributed by atoms with E-state index < -0.39 is 0 Å². The predicted octanol–water partition coefficient (Wildman–Crippen LogP) is 2.73. The zero-order valence-corrected chi connectivity index (χ0v) is 14.0. The summed E-state index contributed by atoms with van der Waals surface area (Å²) in [5, 5.41) is 3.33. The molecule has 0 aromatic heterocycles. The zero-order chi connectivity index (χ0) is 16.6. The predicted molar refractivity (Wildman–Crippen MR) is 91.0 cm³/mol. The van der Waals surface area contributed by atoms with Crippen molar-refractivity contribution in [1.29, 1.82) is 0 Å². The number of aryl methyl sites for hydroxylation is 2. The number of likely N-dealkylation sites (tertiary alicyclic amines) is 1. The molecule has 2 amide bonds. The van der Waals surface area contributed by atoms with Crippen molar-refractivity contribution < 1.29 is 9.59 Å². The van der Waals surface area contributed by atoms with Crippen LogP contribution in [0.15, 0.2) is 30.4 Å². The molecule has 3 fully saturated rings. The number of hydrogen-bond acceptors (Lipinski definition) is 3. The smallest absolute Gasteiger partial charge is 0.235 e. The molecule has 1 aromatic carbocycles. The summed E-state index contributed by atoms with van der Waals surface area (Å²) in [6.07, 6.45) is 5.64. The number of allylic oxidation sites excluding steroid dienone is 2. The van der Waals surface area contributed by atoms with Gasteiger partial charge in [-0.1, -0.05) is 30.4 Å². The standard InChI is InChI=1S/C20H22N2O2/c1-10-4-3-5-11(2)18(10)21-9-22-19(23)16-12-6-7-13(15-8-14(12)15)17(16)20(22)24/h3-7,12-17,21H,8-9H2,1-2H3/t12-,13-,14-,15+,16+,17-/m1/s1.